The third-order valence-corrected chi connectivity index (χ3v) is 4.24. The molecule has 108 valence electrons. The Morgan fingerprint density at radius 3 is 2.65 bits per heavy atom. The van der Waals surface area contributed by atoms with E-state index >= 15 is 0 Å². The largest absolute Gasteiger partial charge is 0.478 e. The van der Waals surface area contributed by atoms with Gasteiger partial charge in [-0.1, -0.05) is 22.4 Å². The van der Waals surface area contributed by atoms with Gasteiger partial charge in [0.25, 0.3) is 0 Å². The van der Waals surface area contributed by atoms with Gasteiger partial charge >= 0.3 is 5.97 Å². The summed E-state index contributed by atoms with van der Waals surface area (Å²) in [5, 5.41) is 15.1. The number of piperidine rings is 1. The quantitative estimate of drug-likeness (QED) is 0.722. The van der Waals surface area contributed by atoms with E-state index in [1.54, 1.807) is 6.07 Å². The highest BCUT2D eigenvalue weighted by Gasteiger charge is 2.23. The van der Waals surface area contributed by atoms with E-state index in [1.807, 2.05) is 0 Å². The number of carboxylic acids is 1. The molecule has 1 aromatic carbocycles. The molecule has 1 heterocycles. The van der Waals surface area contributed by atoms with Crippen molar-refractivity contribution in [3.63, 3.8) is 0 Å². The molecule has 5 nitrogen and oxygen atoms in total. The molecular formula is C13H14Br2N2O3. The summed E-state index contributed by atoms with van der Waals surface area (Å²) in [6, 6.07) is 2.91. The summed E-state index contributed by atoms with van der Waals surface area (Å²) in [4.78, 5) is 23.5. The van der Waals surface area contributed by atoms with Crippen molar-refractivity contribution in [3.05, 3.63) is 26.6 Å². The van der Waals surface area contributed by atoms with Crippen LogP contribution < -0.4 is 10.6 Å². The van der Waals surface area contributed by atoms with Gasteiger partial charge in [0.05, 0.1) is 17.3 Å². The highest BCUT2D eigenvalue weighted by molar-refractivity contribution is 9.11. The molecule has 1 aliphatic rings. The van der Waals surface area contributed by atoms with E-state index in [1.165, 1.54) is 6.07 Å². The standard InChI is InChI=1S/C13H14Br2N2O3/c14-7-5-8(13(19)20)11(9(15)6-7)17-12(18)10-3-1-2-4-16-10/h5-6,10,16H,1-4H2,(H,17,18)(H,19,20). The summed E-state index contributed by atoms with van der Waals surface area (Å²) in [7, 11) is 0. The fourth-order valence-electron chi connectivity index (χ4n) is 2.16. The molecule has 3 N–H and O–H groups in total. The van der Waals surface area contributed by atoms with E-state index in [0.29, 0.717) is 8.95 Å². The highest BCUT2D eigenvalue weighted by atomic mass is 79.9. The minimum atomic E-state index is -1.08. The Morgan fingerprint density at radius 2 is 2.05 bits per heavy atom. The monoisotopic (exact) mass is 404 g/mol. The summed E-state index contributed by atoms with van der Waals surface area (Å²) in [5.74, 6) is -1.28. The fraction of sp³-hybridized carbons (Fsp3) is 0.385. The lowest BCUT2D eigenvalue weighted by Crippen LogP contribution is -2.43. The smallest absolute Gasteiger partial charge is 0.337 e. The summed E-state index contributed by atoms with van der Waals surface area (Å²) < 4.78 is 1.17. The van der Waals surface area contributed by atoms with E-state index in [9.17, 15) is 14.7 Å². The number of aromatic carboxylic acids is 1. The molecule has 0 saturated carbocycles. The number of halogens is 2. The van der Waals surface area contributed by atoms with Crippen LogP contribution in [0.5, 0.6) is 0 Å². The topological polar surface area (TPSA) is 78.4 Å². The van der Waals surface area contributed by atoms with Gasteiger partial charge in [-0.2, -0.15) is 0 Å². The van der Waals surface area contributed by atoms with E-state index in [2.05, 4.69) is 42.5 Å². The molecule has 2 rings (SSSR count). The predicted molar refractivity (Wildman–Crippen MR) is 83.1 cm³/mol. The first-order valence-electron chi connectivity index (χ1n) is 6.25. The molecule has 0 aromatic heterocycles. The second-order valence-corrected chi connectivity index (χ2v) is 6.38. The van der Waals surface area contributed by atoms with Gasteiger partial charge in [0.1, 0.15) is 0 Å². The second kappa shape index (κ2) is 6.69. The second-order valence-electron chi connectivity index (χ2n) is 4.61. The van der Waals surface area contributed by atoms with Gasteiger partial charge in [-0.3, -0.25) is 4.79 Å². The third-order valence-electron chi connectivity index (χ3n) is 3.16. The van der Waals surface area contributed by atoms with Crippen LogP contribution >= 0.6 is 31.9 Å². The van der Waals surface area contributed by atoms with Crippen LogP contribution in [0.1, 0.15) is 29.6 Å². The van der Waals surface area contributed by atoms with Gasteiger partial charge < -0.3 is 15.7 Å². The molecule has 1 unspecified atom stereocenters. The van der Waals surface area contributed by atoms with Gasteiger partial charge in [-0.25, -0.2) is 4.79 Å². The average molecular weight is 406 g/mol. The predicted octanol–water partition coefficient (Wildman–Crippen LogP) is 2.99. The van der Waals surface area contributed by atoms with E-state index < -0.39 is 5.97 Å². The van der Waals surface area contributed by atoms with Gasteiger partial charge in [0, 0.05) is 8.95 Å². The maximum atomic E-state index is 12.2. The molecule has 1 amide bonds. The zero-order valence-electron chi connectivity index (χ0n) is 10.6. The Hall–Kier alpha value is -0.920. The van der Waals surface area contributed by atoms with Crippen molar-refractivity contribution in [2.24, 2.45) is 0 Å². The summed E-state index contributed by atoms with van der Waals surface area (Å²) in [5.41, 5.74) is 0.341. The molecule has 1 saturated heterocycles. The SMILES string of the molecule is O=C(O)c1cc(Br)cc(Br)c1NC(=O)C1CCCCN1. The van der Waals surface area contributed by atoms with Crippen LogP contribution in [0.2, 0.25) is 0 Å². The van der Waals surface area contributed by atoms with Gasteiger partial charge in [-0.05, 0) is 47.4 Å². The Morgan fingerprint density at radius 1 is 1.30 bits per heavy atom. The first kappa shape index (κ1) is 15.5. The molecule has 1 aromatic rings. The Balaban J connectivity index is 2.23. The Bertz CT molecular complexity index is 543. The zero-order valence-corrected chi connectivity index (χ0v) is 13.8. The Labute approximate surface area is 133 Å². The normalized spacial score (nSPS) is 18.6. The van der Waals surface area contributed by atoms with Crippen LogP contribution in [-0.2, 0) is 4.79 Å². The first-order chi connectivity index (χ1) is 9.49. The number of anilines is 1. The van der Waals surface area contributed by atoms with E-state index in [-0.39, 0.29) is 23.2 Å². The highest BCUT2D eigenvalue weighted by Crippen LogP contribution is 2.31. The van der Waals surface area contributed by atoms with Crippen LogP contribution in [0, 0.1) is 0 Å². The zero-order chi connectivity index (χ0) is 14.7. The molecule has 0 radical (unpaired) electrons. The minimum Gasteiger partial charge on any atom is -0.478 e. The lowest BCUT2D eigenvalue weighted by molar-refractivity contribution is -0.118. The number of benzene rings is 1. The molecular weight excluding hydrogens is 392 g/mol. The van der Waals surface area contributed by atoms with Crippen LogP contribution in [0.3, 0.4) is 0 Å². The molecule has 0 aliphatic carbocycles. The molecule has 0 spiro atoms. The van der Waals surface area contributed by atoms with Crippen molar-refractivity contribution in [2.75, 3.05) is 11.9 Å². The molecule has 1 atom stereocenters. The van der Waals surface area contributed by atoms with Crippen LogP contribution in [-0.4, -0.2) is 29.6 Å². The number of nitrogens with one attached hydrogen (secondary N) is 2. The lowest BCUT2D eigenvalue weighted by Gasteiger charge is -2.23. The first-order valence-corrected chi connectivity index (χ1v) is 7.84. The molecule has 1 fully saturated rings. The van der Waals surface area contributed by atoms with Crippen molar-refractivity contribution < 1.29 is 14.7 Å². The number of hydrogen-bond acceptors (Lipinski definition) is 3. The number of carboxylic acid groups (broad SMARTS) is 1. The van der Waals surface area contributed by atoms with Crippen LogP contribution in [0.4, 0.5) is 5.69 Å². The number of carbonyl (C=O) groups excluding carboxylic acids is 1. The maximum Gasteiger partial charge on any atom is 0.337 e. The van der Waals surface area contributed by atoms with Crippen molar-refractivity contribution in [2.45, 2.75) is 25.3 Å². The van der Waals surface area contributed by atoms with Crippen molar-refractivity contribution in [1.82, 2.24) is 5.32 Å². The van der Waals surface area contributed by atoms with Crippen molar-refractivity contribution >= 4 is 49.4 Å². The molecule has 20 heavy (non-hydrogen) atoms. The maximum absolute atomic E-state index is 12.2. The van der Waals surface area contributed by atoms with Crippen molar-refractivity contribution in [1.29, 1.82) is 0 Å². The van der Waals surface area contributed by atoms with Crippen LogP contribution in [0.25, 0.3) is 0 Å². The summed E-state index contributed by atoms with van der Waals surface area (Å²) >= 11 is 6.53. The minimum absolute atomic E-state index is 0.0513. The molecule has 1 aliphatic heterocycles. The molecule has 7 heteroatoms. The van der Waals surface area contributed by atoms with E-state index in [4.69, 9.17) is 0 Å². The van der Waals surface area contributed by atoms with Gasteiger partial charge in [-0.15, -0.1) is 0 Å². The number of amides is 1. The third kappa shape index (κ3) is 3.59. The number of rotatable bonds is 3. The molecule has 0 bridgehead atoms. The number of carbonyl (C=O) groups is 2. The average Bonchev–Trinajstić information content (AvgIpc) is 2.42. The van der Waals surface area contributed by atoms with E-state index in [0.717, 1.165) is 25.8 Å². The fourth-order valence-corrected chi connectivity index (χ4v) is 3.48. The van der Waals surface area contributed by atoms with Crippen LogP contribution in [0.15, 0.2) is 21.1 Å². The Kier molecular flexibility index (Phi) is 5.17. The van der Waals surface area contributed by atoms with Gasteiger partial charge in [0.2, 0.25) is 5.91 Å². The van der Waals surface area contributed by atoms with Crippen molar-refractivity contribution in [3.8, 4) is 0 Å². The number of hydrogen-bond donors (Lipinski definition) is 3. The van der Waals surface area contributed by atoms with Gasteiger partial charge in [0.15, 0.2) is 0 Å². The lowest BCUT2D eigenvalue weighted by atomic mass is 10.0. The summed E-state index contributed by atoms with van der Waals surface area (Å²) in [6.45, 7) is 0.811. The summed E-state index contributed by atoms with van der Waals surface area (Å²) in [6.07, 6.45) is 2.83.